The molecule has 0 spiro atoms. The molecule has 16 heavy (non-hydrogen) atoms. The van der Waals surface area contributed by atoms with Gasteiger partial charge in [-0.1, -0.05) is 20.8 Å². The van der Waals surface area contributed by atoms with E-state index in [1.807, 2.05) is 20.8 Å². The summed E-state index contributed by atoms with van der Waals surface area (Å²) in [5.41, 5.74) is 10.1. The summed E-state index contributed by atoms with van der Waals surface area (Å²) >= 11 is 0. The van der Waals surface area contributed by atoms with Crippen molar-refractivity contribution in [3.05, 3.63) is 0 Å². The Morgan fingerprint density at radius 3 is 1.88 bits per heavy atom. The Morgan fingerprint density at radius 1 is 1.19 bits per heavy atom. The van der Waals surface area contributed by atoms with Crippen LogP contribution in [0.2, 0.25) is 0 Å². The second-order valence-corrected chi connectivity index (χ2v) is 5.99. The first-order valence-electron chi connectivity index (χ1n) is 5.32. The van der Waals surface area contributed by atoms with Crippen molar-refractivity contribution in [2.75, 3.05) is 0 Å². The minimum Gasteiger partial charge on any atom is -0.351 e. The van der Waals surface area contributed by atoms with E-state index in [1.54, 1.807) is 13.8 Å². The van der Waals surface area contributed by atoms with Crippen molar-refractivity contribution in [1.29, 1.82) is 0 Å². The van der Waals surface area contributed by atoms with Crippen LogP contribution in [0.4, 0.5) is 4.79 Å². The van der Waals surface area contributed by atoms with Crippen molar-refractivity contribution in [1.82, 2.24) is 5.32 Å². The number of urea groups is 1. The third kappa shape index (κ3) is 5.70. The molecule has 0 aromatic rings. The third-order valence-corrected chi connectivity index (χ3v) is 2.28. The van der Waals surface area contributed by atoms with Gasteiger partial charge in [0.2, 0.25) is 5.91 Å². The van der Waals surface area contributed by atoms with Gasteiger partial charge < -0.3 is 11.5 Å². The molecule has 1 atom stereocenters. The van der Waals surface area contributed by atoms with Crippen LogP contribution in [0.3, 0.4) is 0 Å². The topological polar surface area (TPSA) is 98.2 Å². The highest BCUT2D eigenvalue weighted by Crippen LogP contribution is 2.30. The van der Waals surface area contributed by atoms with Crippen LogP contribution in [0, 0.1) is 11.3 Å². The average Bonchev–Trinajstić information content (AvgIpc) is 1.94. The van der Waals surface area contributed by atoms with Gasteiger partial charge in [0, 0.05) is 5.54 Å². The predicted molar refractivity (Wildman–Crippen MR) is 63.6 cm³/mol. The molecule has 0 heterocycles. The van der Waals surface area contributed by atoms with Crippen molar-refractivity contribution >= 4 is 11.9 Å². The normalized spacial score (nSPS) is 14.4. The maximum atomic E-state index is 11.8. The van der Waals surface area contributed by atoms with E-state index in [4.69, 9.17) is 11.5 Å². The fraction of sp³-hybridized carbons (Fsp3) is 0.818. The monoisotopic (exact) mass is 229 g/mol. The quantitative estimate of drug-likeness (QED) is 0.672. The van der Waals surface area contributed by atoms with E-state index in [0.717, 1.165) is 0 Å². The lowest BCUT2D eigenvalue weighted by Crippen LogP contribution is -2.52. The lowest BCUT2D eigenvalue weighted by atomic mass is 9.76. The Balaban J connectivity index is 4.83. The van der Waals surface area contributed by atoms with Crippen LogP contribution in [0.15, 0.2) is 0 Å². The van der Waals surface area contributed by atoms with Crippen LogP contribution in [0.1, 0.15) is 41.0 Å². The van der Waals surface area contributed by atoms with E-state index in [0.29, 0.717) is 6.42 Å². The maximum absolute atomic E-state index is 11.8. The number of hydrogen-bond donors (Lipinski definition) is 3. The third-order valence-electron chi connectivity index (χ3n) is 2.28. The molecule has 3 amide bonds. The zero-order chi connectivity index (χ0) is 13.1. The summed E-state index contributed by atoms with van der Waals surface area (Å²) in [4.78, 5) is 22.4. The molecular weight excluding hydrogens is 206 g/mol. The molecule has 5 N–H and O–H groups in total. The van der Waals surface area contributed by atoms with Gasteiger partial charge in [0.15, 0.2) is 0 Å². The summed E-state index contributed by atoms with van der Waals surface area (Å²) in [6, 6.07) is -0.840. The molecule has 1 unspecified atom stereocenters. The molecule has 0 rings (SSSR count). The van der Waals surface area contributed by atoms with Gasteiger partial charge in [0.05, 0.1) is 5.92 Å². The van der Waals surface area contributed by atoms with Crippen LogP contribution in [-0.4, -0.2) is 17.5 Å². The molecule has 0 radical (unpaired) electrons. The molecule has 94 valence electrons. The maximum Gasteiger partial charge on any atom is 0.318 e. The van der Waals surface area contributed by atoms with Crippen LogP contribution in [0.25, 0.3) is 0 Å². The van der Waals surface area contributed by atoms with Crippen molar-refractivity contribution in [3.8, 4) is 0 Å². The average molecular weight is 229 g/mol. The van der Waals surface area contributed by atoms with Gasteiger partial charge in [-0.2, -0.15) is 0 Å². The van der Waals surface area contributed by atoms with Crippen molar-refractivity contribution in [2.45, 2.75) is 46.6 Å². The van der Waals surface area contributed by atoms with E-state index in [2.05, 4.69) is 5.32 Å². The first kappa shape index (κ1) is 14.9. The van der Waals surface area contributed by atoms with E-state index in [9.17, 15) is 9.59 Å². The van der Waals surface area contributed by atoms with Gasteiger partial charge in [0.1, 0.15) is 0 Å². The number of imide groups is 1. The van der Waals surface area contributed by atoms with Crippen molar-refractivity contribution in [2.24, 2.45) is 22.8 Å². The number of nitrogens with two attached hydrogens (primary N) is 2. The van der Waals surface area contributed by atoms with Gasteiger partial charge in [-0.25, -0.2) is 4.79 Å². The fourth-order valence-corrected chi connectivity index (χ4v) is 1.51. The first-order valence-corrected chi connectivity index (χ1v) is 5.32. The van der Waals surface area contributed by atoms with Gasteiger partial charge in [0.25, 0.3) is 0 Å². The Bertz CT molecular complexity index is 274. The van der Waals surface area contributed by atoms with Gasteiger partial charge in [-0.15, -0.1) is 0 Å². The van der Waals surface area contributed by atoms with E-state index >= 15 is 0 Å². The zero-order valence-electron chi connectivity index (χ0n) is 10.8. The highest BCUT2D eigenvalue weighted by molar-refractivity contribution is 5.95. The largest absolute Gasteiger partial charge is 0.351 e. The summed E-state index contributed by atoms with van der Waals surface area (Å²) in [6.45, 7) is 9.59. The summed E-state index contributed by atoms with van der Waals surface area (Å²) in [6.07, 6.45) is 0.593. The lowest BCUT2D eigenvalue weighted by Gasteiger charge is -2.33. The van der Waals surface area contributed by atoms with Crippen LogP contribution >= 0.6 is 0 Å². The Kier molecular flexibility index (Phi) is 4.49. The van der Waals surface area contributed by atoms with Crippen molar-refractivity contribution < 1.29 is 9.59 Å². The SMILES string of the molecule is CC(C)(C)CC(C(=O)NC(N)=O)C(C)(C)N. The molecule has 0 aliphatic heterocycles. The molecule has 0 aliphatic rings. The smallest absolute Gasteiger partial charge is 0.318 e. The number of hydrogen-bond acceptors (Lipinski definition) is 3. The number of primary amides is 1. The number of carbonyl (C=O) groups is 2. The predicted octanol–water partition coefficient (Wildman–Crippen LogP) is 0.971. The zero-order valence-corrected chi connectivity index (χ0v) is 10.8. The molecule has 0 aromatic heterocycles. The second kappa shape index (κ2) is 4.82. The fourth-order valence-electron chi connectivity index (χ4n) is 1.51. The first-order chi connectivity index (χ1) is 6.93. The Labute approximate surface area is 96.9 Å². The number of carbonyl (C=O) groups excluding carboxylic acids is 2. The van der Waals surface area contributed by atoms with Crippen LogP contribution in [0.5, 0.6) is 0 Å². The number of amides is 3. The number of nitrogens with one attached hydrogen (secondary N) is 1. The molecule has 0 saturated carbocycles. The van der Waals surface area contributed by atoms with E-state index < -0.39 is 23.4 Å². The Hall–Kier alpha value is -1.10. The molecule has 5 nitrogen and oxygen atoms in total. The summed E-state index contributed by atoms with van der Waals surface area (Å²) in [5.74, 6) is -0.852. The summed E-state index contributed by atoms with van der Waals surface area (Å²) < 4.78 is 0. The van der Waals surface area contributed by atoms with Crippen LogP contribution in [-0.2, 0) is 4.79 Å². The molecule has 0 saturated heterocycles. The van der Waals surface area contributed by atoms with E-state index in [-0.39, 0.29) is 5.41 Å². The van der Waals surface area contributed by atoms with Gasteiger partial charge in [-0.05, 0) is 25.7 Å². The summed E-state index contributed by atoms with van der Waals surface area (Å²) in [5, 5.41) is 2.09. The van der Waals surface area contributed by atoms with E-state index in [1.165, 1.54) is 0 Å². The summed E-state index contributed by atoms with van der Waals surface area (Å²) in [7, 11) is 0. The Morgan fingerprint density at radius 2 is 1.62 bits per heavy atom. The highest BCUT2D eigenvalue weighted by atomic mass is 16.2. The molecule has 0 aromatic carbocycles. The minimum absolute atomic E-state index is 0.0453. The molecular formula is C11H23N3O2. The molecule has 0 fully saturated rings. The molecule has 0 bridgehead atoms. The number of rotatable bonds is 3. The minimum atomic E-state index is -0.840. The van der Waals surface area contributed by atoms with Gasteiger partial charge >= 0.3 is 6.03 Å². The van der Waals surface area contributed by atoms with Crippen molar-refractivity contribution in [3.63, 3.8) is 0 Å². The standard InChI is InChI=1S/C11H23N3O2/c1-10(2,3)6-7(11(4,5)13)8(15)14-9(12)16/h7H,6,13H2,1-5H3,(H3,12,14,15,16). The lowest BCUT2D eigenvalue weighted by molar-refractivity contribution is -0.126. The van der Waals surface area contributed by atoms with Gasteiger partial charge in [-0.3, -0.25) is 10.1 Å². The van der Waals surface area contributed by atoms with Crippen LogP contribution < -0.4 is 16.8 Å². The second-order valence-electron chi connectivity index (χ2n) is 5.99. The molecule has 0 aliphatic carbocycles. The molecule has 5 heteroatoms. The highest BCUT2D eigenvalue weighted by Gasteiger charge is 2.35.